The average molecular weight is 290 g/mol. The van der Waals surface area contributed by atoms with E-state index in [1.165, 1.54) is 18.4 Å². The zero-order valence-corrected chi connectivity index (χ0v) is 13.8. The van der Waals surface area contributed by atoms with Crippen LogP contribution >= 0.6 is 0 Å². The summed E-state index contributed by atoms with van der Waals surface area (Å²) in [7, 11) is 0. The monoisotopic (exact) mass is 290 g/mol. The summed E-state index contributed by atoms with van der Waals surface area (Å²) in [6.45, 7) is 10.8. The van der Waals surface area contributed by atoms with Gasteiger partial charge in [0.05, 0.1) is 6.61 Å². The van der Waals surface area contributed by atoms with E-state index >= 15 is 0 Å². The fraction of sp³-hybridized carbons (Fsp3) is 0.667. The Kier molecular flexibility index (Phi) is 6.52. The number of hydrogen-bond acceptors (Lipinski definition) is 3. The van der Waals surface area contributed by atoms with E-state index in [9.17, 15) is 0 Å². The van der Waals surface area contributed by atoms with Gasteiger partial charge >= 0.3 is 0 Å². The zero-order chi connectivity index (χ0) is 15.1. The Balaban J connectivity index is 1.94. The van der Waals surface area contributed by atoms with Gasteiger partial charge in [0.2, 0.25) is 0 Å². The molecule has 21 heavy (non-hydrogen) atoms. The van der Waals surface area contributed by atoms with E-state index in [0.717, 1.165) is 38.4 Å². The summed E-state index contributed by atoms with van der Waals surface area (Å²) >= 11 is 0. The molecule has 1 saturated heterocycles. The smallest absolute Gasteiger partial charge is 0.119 e. The number of benzene rings is 1. The Bertz CT molecular complexity index is 404. The van der Waals surface area contributed by atoms with Crippen molar-refractivity contribution < 1.29 is 4.74 Å². The van der Waals surface area contributed by atoms with E-state index in [1.54, 1.807) is 0 Å². The fourth-order valence-corrected chi connectivity index (χ4v) is 2.94. The molecule has 2 atom stereocenters. The first-order chi connectivity index (χ1) is 10.3. The number of nitrogens with zero attached hydrogens (tertiary/aromatic N) is 1. The molecule has 2 rings (SSSR count). The second-order valence-corrected chi connectivity index (χ2v) is 6.00. The van der Waals surface area contributed by atoms with Gasteiger partial charge in [-0.2, -0.15) is 0 Å². The molecule has 0 amide bonds. The summed E-state index contributed by atoms with van der Waals surface area (Å²) < 4.78 is 5.65. The predicted octanol–water partition coefficient (Wildman–Crippen LogP) is 3.44. The van der Waals surface area contributed by atoms with Crippen LogP contribution in [0.2, 0.25) is 0 Å². The first-order valence-electron chi connectivity index (χ1n) is 8.45. The molecule has 0 aliphatic carbocycles. The molecule has 0 radical (unpaired) electrons. The number of ether oxygens (including phenoxy) is 1. The molecule has 1 aromatic rings. The van der Waals surface area contributed by atoms with Gasteiger partial charge in [-0.05, 0) is 37.0 Å². The summed E-state index contributed by atoms with van der Waals surface area (Å²) in [6, 6.07) is 9.92. The fourth-order valence-electron chi connectivity index (χ4n) is 2.94. The largest absolute Gasteiger partial charge is 0.494 e. The van der Waals surface area contributed by atoms with Gasteiger partial charge in [0.25, 0.3) is 0 Å². The predicted molar refractivity (Wildman–Crippen MR) is 88.8 cm³/mol. The first kappa shape index (κ1) is 16.3. The van der Waals surface area contributed by atoms with Crippen molar-refractivity contribution in [2.75, 3.05) is 19.7 Å². The van der Waals surface area contributed by atoms with Crippen LogP contribution < -0.4 is 10.1 Å². The van der Waals surface area contributed by atoms with Crippen LogP contribution in [0.25, 0.3) is 0 Å². The van der Waals surface area contributed by atoms with Crippen LogP contribution in [0.1, 0.15) is 45.6 Å². The highest BCUT2D eigenvalue weighted by molar-refractivity contribution is 5.27. The number of piperazine rings is 1. The van der Waals surface area contributed by atoms with Gasteiger partial charge in [0.15, 0.2) is 0 Å². The van der Waals surface area contributed by atoms with Crippen molar-refractivity contribution in [3.63, 3.8) is 0 Å². The molecule has 0 bridgehead atoms. The lowest BCUT2D eigenvalue weighted by Gasteiger charge is -2.40. The minimum Gasteiger partial charge on any atom is -0.494 e. The Labute approximate surface area is 129 Å². The van der Waals surface area contributed by atoms with Crippen LogP contribution in [0.5, 0.6) is 5.75 Å². The van der Waals surface area contributed by atoms with Crippen LogP contribution in [0.4, 0.5) is 0 Å². The van der Waals surface area contributed by atoms with E-state index in [2.05, 4.69) is 55.3 Å². The third kappa shape index (κ3) is 4.72. The summed E-state index contributed by atoms with van der Waals surface area (Å²) in [5.41, 5.74) is 1.38. The van der Waals surface area contributed by atoms with Gasteiger partial charge in [-0.15, -0.1) is 0 Å². The Hall–Kier alpha value is -1.06. The van der Waals surface area contributed by atoms with Crippen molar-refractivity contribution >= 4 is 0 Å². The standard InChI is InChI=1S/C18H30N2O/c1-4-11-21-18-9-7-15(8-10-18)13-20-14-16(5-2)19-12-17(20)6-3/h7-10,16-17,19H,4-6,11-14H2,1-3H3. The molecule has 2 unspecified atom stereocenters. The minimum absolute atomic E-state index is 0.639. The number of nitrogens with one attached hydrogen (secondary N) is 1. The van der Waals surface area contributed by atoms with Gasteiger partial charge in [0, 0.05) is 31.7 Å². The first-order valence-corrected chi connectivity index (χ1v) is 8.45. The maximum Gasteiger partial charge on any atom is 0.119 e. The molecule has 0 spiro atoms. The lowest BCUT2D eigenvalue weighted by molar-refractivity contribution is 0.117. The molecule has 3 heteroatoms. The molecule has 1 aliphatic heterocycles. The van der Waals surface area contributed by atoms with Gasteiger partial charge in [0.1, 0.15) is 5.75 Å². The number of rotatable bonds is 7. The molecule has 1 N–H and O–H groups in total. The molecular weight excluding hydrogens is 260 g/mol. The quantitative estimate of drug-likeness (QED) is 0.832. The van der Waals surface area contributed by atoms with Crippen molar-refractivity contribution in [1.29, 1.82) is 0 Å². The third-order valence-corrected chi connectivity index (χ3v) is 4.36. The lowest BCUT2D eigenvalue weighted by atomic mass is 10.0. The molecule has 1 aliphatic rings. The molecular formula is C18H30N2O. The van der Waals surface area contributed by atoms with Crippen LogP contribution in [0.3, 0.4) is 0 Å². The second kappa shape index (κ2) is 8.40. The van der Waals surface area contributed by atoms with Crippen LogP contribution in [0, 0.1) is 0 Å². The van der Waals surface area contributed by atoms with E-state index in [0.29, 0.717) is 12.1 Å². The lowest BCUT2D eigenvalue weighted by Crippen LogP contribution is -2.55. The normalized spacial score (nSPS) is 23.2. The Morgan fingerprint density at radius 1 is 1.14 bits per heavy atom. The molecule has 1 aromatic carbocycles. The zero-order valence-electron chi connectivity index (χ0n) is 13.8. The molecule has 0 saturated carbocycles. The second-order valence-electron chi connectivity index (χ2n) is 6.00. The molecule has 3 nitrogen and oxygen atoms in total. The minimum atomic E-state index is 0.639. The third-order valence-electron chi connectivity index (χ3n) is 4.36. The summed E-state index contributed by atoms with van der Waals surface area (Å²) in [4.78, 5) is 2.63. The maximum absolute atomic E-state index is 5.65. The maximum atomic E-state index is 5.65. The molecule has 1 heterocycles. The van der Waals surface area contributed by atoms with Crippen LogP contribution in [0.15, 0.2) is 24.3 Å². The molecule has 0 aromatic heterocycles. The van der Waals surface area contributed by atoms with Crippen molar-refractivity contribution in [2.24, 2.45) is 0 Å². The van der Waals surface area contributed by atoms with E-state index in [1.807, 2.05) is 0 Å². The SMILES string of the molecule is CCCOc1ccc(CN2CC(CC)NCC2CC)cc1. The van der Waals surface area contributed by atoms with Crippen molar-refractivity contribution in [2.45, 2.75) is 58.7 Å². The summed E-state index contributed by atoms with van der Waals surface area (Å²) in [5, 5.41) is 3.66. The highest BCUT2D eigenvalue weighted by Gasteiger charge is 2.25. The van der Waals surface area contributed by atoms with Crippen molar-refractivity contribution in [3.8, 4) is 5.75 Å². The molecule has 118 valence electrons. The highest BCUT2D eigenvalue weighted by Crippen LogP contribution is 2.18. The number of hydrogen-bond donors (Lipinski definition) is 1. The summed E-state index contributed by atoms with van der Waals surface area (Å²) in [6.07, 6.45) is 3.47. The topological polar surface area (TPSA) is 24.5 Å². The van der Waals surface area contributed by atoms with Crippen molar-refractivity contribution in [3.05, 3.63) is 29.8 Å². The van der Waals surface area contributed by atoms with E-state index in [4.69, 9.17) is 4.74 Å². The molecule has 1 fully saturated rings. The van der Waals surface area contributed by atoms with Crippen LogP contribution in [-0.2, 0) is 6.54 Å². The highest BCUT2D eigenvalue weighted by atomic mass is 16.5. The van der Waals surface area contributed by atoms with E-state index < -0.39 is 0 Å². The van der Waals surface area contributed by atoms with Gasteiger partial charge in [-0.1, -0.05) is 32.9 Å². The van der Waals surface area contributed by atoms with Gasteiger partial charge in [-0.3, -0.25) is 4.90 Å². The Morgan fingerprint density at radius 2 is 1.90 bits per heavy atom. The average Bonchev–Trinajstić information content (AvgIpc) is 2.54. The van der Waals surface area contributed by atoms with Gasteiger partial charge in [-0.25, -0.2) is 0 Å². The van der Waals surface area contributed by atoms with E-state index in [-0.39, 0.29) is 0 Å². The Morgan fingerprint density at radius 3 is 2.52 bits per heavy atom. The van der Waals surface area contributed by atoms with Crippen molar-refractivity contribution in [1.82, 2.24) is 10.2 Å². The summed E-state index contributed by atoms with van der Waals surface area (Å²) in [5.74, 6) is 0.986. The van der Waals surface area contributed by atoms with Crippen LogP contribution in [-0.4, -0.2) is 36.7 Å². The van der Waals surface area contributed by atoms with Gasteiger partial charge < -0.3 is 10.1 Å².